The molecule has 1 saturated heterocycles. The molecule has 7 heteroatoms. The molecule has 1 aliphatic heterocycles. The van der Waals surface area contributed by atoms with E-state index in [1.807, 2.05) is 12.1 Å². The monoisotopic (exact) mass is 446 g/mol. The number of ketones is 1. The number of aliphatic hydroxyl groups is 1. The number of nitrogens with zero attached hydrogens (tertiary/aromatic N) is 2. The number of rotatable bonds is 5. The average Bonchev–Trinajstić information content (AvgIpc) is 3.09. The fraction of sp³-hybridized carbons (Fsp3) is 0.192. The molecule has 0 bridgehead atoms. The van der Waals surface area contributed by atoms with Gasteiger partial charge in [0.2, 0.25) is 0 Å². The number of carbonyl (C=O) groups excluding carboxylic acids is 2. The lowest BCUT2D eigenvalue weighted by atomic mass is 9.95. The largest absolute Gasteiger partial charge is 0.507 e. The lowest BCUT2D eigenvalue weighted by Crippen LogP contribution is -2.29. The zero-order valence-corrected chi connectivity index (χ0v) is 18.4. The first-order chi connectivity index (χ1) is 15.8. The zero-order valence-electron chi connectivity index (χ0n) is 18.4. The summed E-state index contributed by atoms with van der Waals surface area (Å²) < 4.78 is 19.3. The van der Waals surface area contributed by atoms with Crippen LogP contribution >= 0.6 is 0 Å². The van der Waals surface area contributed by atoms with Gasteiger partial charge in [-0.05, 0) is 53.4 Å². The summed E-state index contributed by atoms with van der Waals surface area (Å²) in [5, 5.41) is 11.2. The number of pyridine rings is 1. The molecule has 4 rings (SSSR count). The van der Waals surface area contributed by atoms with Gasteiger partial charge in [-0.2, -0.15) is 0 Å². The number of hydrogen-bond donors (Lipinski definition) is 1. The van der Waals surface area contributed by atoms with Crippen LogP contribution in [0.5, 0.6) is 5.75 Å². The number of benzene rings is 2. The van der Waals surface area contributed by atoms with Crippen LogP contribution in [0.2, 0.25) is 0 Å². The second-order valence-electron chi connectivity index (χ2n) is 8.05. The van der Waals surface area contributed by atoms with Crippen LogP contribution in [0.25, 0.3) is 5.76 Å². The van der Waals surface area contributed by atoms with Gasteiger partial charge in [-0.1, -0.05) is 32.0 Å². The van der Waals surface area contributed by atoms with Crippen molar-refractivity contribution in [2.45, 2.75) is 25.8 Å². The van der Waals surface area contributed by atoms with Gasteiger partial charge in [-0.15, -0.1) is 0 Å². The molecular weight excluding hydrogens is 423 g/mol. The number of carbonyl (C=O) groups is 2. The molecule has 3 aromatic rings. The van der Waals surface area contributed by atoms with E-state index in [-0.39, 0.29) is 16.9 Å². The Morgan fingerprint density at radius 3 is 2.45 bits per heavy atom. The minimum Gasteiger partial charge on any atom is -0.507 e. The van der Waals surface area contributed by atoms with Crippen molar-refractivity contribution >= 4 is 23.1 Å². The molecule has 0 radical (unpaired) electrons. The third-order valence-electron chi connectivity index (χ3n) is 5.70. The van der Waals surface area contributed by atoms with Crippen molar-refractivity contribution in [3.63, 3.8) is 0 Å². The molecule has 6 nitrogen and oxygen atoms in total. The highest BCUT2D eigenvalue weighted by Crippen LogP contribution is 2.43. The molecule has 168 valence electrons. The molecule has 1 aliphatic rings. The lowest BCUT2D eigenvalue weighted by Gasteiger charge is -2.25. The minimum absolute atomic E-state index is 0.0143. The van der Waals surface area contributed by atoms with E-state index in [4.69, 9.17) is 4.74 Å². The summed E-state index contributed by atoms with van der Waals surface area (Å²) in [5.74, 6) is -2.33. The lowest BCUT2D eigenvalue weighted by molar-refractivity contribution is -0.132. The number of methoxy groups -OCH3 is 1. The van der Waals surface area contributed by atoms with Crippen LogP contribution in [0.1, 0.15) is 42.5 Å². The van der Waals surface area contributed by atoms with Gasteiger partial charge in [-0.25, -0.2) is 4.39 Å². The van der Waals surface area contributed by atoms with E-state index in [1.54, 1.807) is 30.5 Å². The first-order valence-corrected chi connectivity index (χ1v) is 10.5. The number of halogens is 1. The van der Waals surface area contributed by atoms with Crippen LogP contribution < -0.4 is 9.64 Å². The molecular formula is C26H23FN2O4. The maximum atomic E-state index is 14.0. The molecule has 2 aromatic carbocycles. The van der Waals surface area contributed by atoms with Crippen LogP contribution in [-0.4, -0.2) is 28.9 Å². The zero-order chi connectivity index (χ0) is 23.7. The predicted octanol–water partition coefficient (Wildman–Crippen LogP) is 4.98. The molecule has 1 fully saturated rings. The molecule has 1 N–H and O–H groups in total. The second kappa shape index (κ2) is 8.86. The Morgan fingerprint density at radius 1 is 1.12 bits per heavy atom. The van der Waals surface area contributed by atoms with Gasteiger partial charge in [0, 0.05) is 18.1 Å². The van der Waals surface area contributed by atoms with E-state index in [0.717, 1.165) is 11.6 Å². The van der Waals surface area contributed by atoms with E-state index < -0.39 is 29.3 Å². The Morgan fingerprint density at radius 2 is 1.85 bits per heavy atom. The Bertz CT molecular complexity index is 1240. The Balaban J connectivity index is 1.94. The molecule has 33 heavy (non-hydrogen) atoms. The highest BCUT2D eigenvalue weighted by Gasteiger charge is 2.47. The summed E-state index contributed by atoms with van der Waals surface area (Å²) in [7, 11) is 1.37. The number of anilines is 1. The standard InChI is InChI=1S/C26H23FN2O4/c1-15(2)16-6-9-19(10-7-16)29-23(17-5-4-12-28-14-17)22(25(31)26(29)32)24(30)20-13-18(27)8-11-21(20)33-3/h4-15,23,30H,1-3H3/b24-22+. The first-order valence-electron chi connectivity index (χ1n) is 10.5. The number of amides is 1. The number of aromatic nitrogens is 1. The molecule has 1 amide bonds. The van der Waals surface area contributed by atoms with E-state index in [0.29, 0.717) is 17.2 Å². The summed E-state index contributed by atoms with van der Waals surface area (Å²) >= 11 is 0. The number of hydrogen-bond acceptors (Lipinski definition) is 5. The quantitative estimate of drug-likeness (QED) is 0.340. The number of Topliss-reactive ketones (excluding diaryl/α,β-unsaturated/α-hetero) is 1. The van der Waals surface area contributed by atoms with Gasteiger partial charge in [0.15, 0.2) is 0 Å². The van der Waals surface area contributed by atoms with Gasteiger partial charge in [0.05, 0.1) is 24.3 Å². The van der Waals surface area contributed by atoms with Crippen LogP contribution in [0.3, 0.4) is 0 Å². The van der Waals surface area contributed by atoms with Crippen molar-refractivity contribution in [2.24, 2.45) is 0 Å². The van der Waals surface area contributed by atoms with Crippen molar-refractivity contribution in [1.82, 2.24) is 4.98 Å². The van der Waals surface area contributed by atoms with Gasteiger partial charge < -0.3 is 9.84 Å². The van der Waals surface area contributed by atoms with Crippen molar-refractivity contribution < 1.29 is 23.8 Å². The number of aliphatic hydroxyl groups excluding tert-OH is 1. The SMILES string of the molecule is COc1ccc(F)cc1/C(O)=C1\C(=O)C(=O)N(c2ccc(C(C)C)cc2)C1c1cccnc1. The van der Waals surface area contributed by atoms with Gasteiger partial charge >= 0.3 is 0 Å². The third kappa shape index (κ3) is 3.98. The molecule has 1 aromatic heterocycles. The van der Waals surface area contributed by atoms with E-state index in [1.165, 1.54) is 30.3 Å². The van der Waals surface area contributed by atoms with Crippen molar-refractivity contribution in [3.05, 3.63) is 95.1 Å². The molecule has 0 aliphatic carbocycles. The van der Waals surface area contributed by atoms with Gasteiger partial charge in [0.25, 0.3) is 11.7 Å². The summed E-state index contributed by atoms with van der Waals surface area (Å²) in [4.78, 5) is 31.8. The maximum Gasteiger partial charge on any atom is 0.300 e. The molecule has 0 spiro atoms. The summed E-state index contributed by atoms with van der Waals surface area (Å²) in [6, 6.07) is 13.4. The Hall–Kier alpha value is -4.00. The van der Waals surface area contributed by atoms with Crippen LogP contribution in [0, 0.1) is 5.82 Å². The van der Waals surface area contributed by atoms with E-state index >= 15 is 0 Å². The molecule has 1 unspecified atom stereocenters. The Labute approximate surface area is 191 Å². The molecule has 1 atom stereocenters. The Kier molecular flexibility index (Phi) is 5.96. The minimum atomic E-state index is -0.948. The smallest absolute Gasteiger partial charge is 0.300 e. The third-order valence-corrected chi connectivity index (χ3v) is 5.70. The fourth-order valence-electron chi connectivity index (χ4n) is 3.98. The molecule has 0 saturated carbocycles. The second-order valence-corrected chi connectivity index (χ2v) is 8.05. The van der Waals surface area contributed by atoms with Crippen molar-refractivity contribution in [2.75, 3.05) is 12.0 Å². The average molecular weight is 446 g/mol. The van der Waals surface area contributed by atoms with E-state index in [2.05, 4.69) is 18.8 Å². The van der Waals surface area contributed by atoms with Crippen LogP contribution in [0.4, 0.5) is 10.1 Å². The van der Waals surface area contributed by atoms with Crippen molar-refractivity contribution in [1.29, 1.82) is 0 Å². The highest BCUT2D eigenvalue weighted by molar-refractivity contribution is 6.51. The van der Waals surface area contributed by atoms with Crippen molar-refractivity contribution in [3.8, 4) is 5.75 Å². The highest BCUT2D eigenvalue weighted by atomic mass is 19.1. The van der Waals surface area contributed by atoms with Crippen LogP contribution in [0.15, 0.2) is 72.6 Å². The van der Waals surface area contributed by atoms with E-state index in [9.17, 15) is 19.1 Å². The fourth-order valence-corrected chi connectivity index (χ4v) is 3.98. The summed E-state index contributed by atoms with van der Waals surface area (Å²) in [6.07, 6.45) is 3.10. The normalized spacial score (nSPS) is 17.6. The first kappa shape index (κ1) is 22.2. The van der Waals surface area contributed by atoms with Gasteiger partial charge in [0.1, 0.15) is 17.3 Å². The predicted molar refractivity (Wildman–Crippen MR) is 123 cm³/mol. The summed E-state index contributed by atoms with van der Waals surface area (Å²) in [5.41, 5.74) is 1.93. The van der Waals surface area contributed by atoms with Crippen LogP contribution in [-0.2, 0) is 9.59 Å². The molecule has 2 heterocycles. The number of ether oxygens (including phenoxy) is 1. The summed E-state index contributed by atoms with van der Waals surface area (Å²) in [6.45, 7) is 4.12. The topological polar surface area (TPSA) is 79.7 Å². The maximum absolute atomic E-state index is 14.0. The van der Waals surface area contributed by atoms with Gasteiger partial charge in [-0.3, -0.25) is 19.5 Å².